The third kappa shape index (κ3) is 3.98. The van der Waals surface area contributed by atoms with Crippen LogP contribution < -0.4 is 0 Å². The van der Waals surface area contributed by atoms with Crippen molar-refractivity contribution in [2.75, 3.05) is 37.8 Å². The fourth-order valence-electron chi connectivity index (χ4n) is 4.01. The summed E-state index contributed by atoms with van der Waals surface area (Å²) < 4.78 is 87.6. The SMILES string of the molecule is O=S1(=O)CC[C@H](S(=O)(=O)c2cccc(S(=O)(=O)N3CCC4(CC3)OCCO4)c2)C1. The van der Waals surface area contributed by atoms with Crippen molar-refractivity contribution in [3.63, 3.8) is 0 Å². The van der Waals surface area contributed by atoms with Crippen LogP contribution in [0.3, 0.4) is 0 Å². The average molecular weight is 466 g/mol. The smallest absolute Gasteiger partial charge is 0.243 e. The first-order valence-electron chi connectivity index (χ1n) is 9.37. The molecule has 0 saturated carbocycles. The molecule has 12 heteroatoms. The van der Waals surface area contributed by atoms with Crippen LogP contribution >= 0.6 is 0 Å². The van der Waals surface area contributed by atoms with Gasteiger partial charge < -0.3 is 9.47 Å². The van der Waals surface area contributed by atoms with Crippen LogP contribution in [0.4, 0.5) is 0 Å². The van der Waals surface area contributed by atoms with Gasteiger partial charge >= 0.3 is 0 Å². The number of nitrogens with zero attached hydrogens (tertiary/aromatic N) is 1. The summed E-state index contributed by atoms with van der Waals surface area (Å²) in [4.78, 5) is -0.291. The second-order valence-electron chi connectivity index (χ2n) is 7.56. The number of piperidine rings is 1. The summed E-state index contributed by atoms with van der Waals surface area (Å²) >= 11 is 0. The molecule has 0 aromatic heterocycles. The molecule has 1 atom stereocenters. The first kappa shape index (κ1) is 21.2. The quantitative estimate of drug-likeness (QED) is 0.617. The van der Waals surface area contributed by atoms with Crippen LogP contribution in [0, 0.1) is 0 Å². The molecule has 1 aromatic rings. The first-order valence-corrected chi connectivity index (χ1v) is 14.2. The molecule has 3 saturated heterocycles. The van der Waals surface area contributed by atoms with E-state index >= 15 is 0 Å². The molecule has 3 heterocycles. The summed E-state index contributed by atoms with van der Waals surface area (Å²) in [6, 6.07) is 5.16. The normalized spacial score (nSPS) is 27.4. The monoisotopic (exact) mass is 465 g/mol. The second kappa shape index (κ2) is 7.27. The number of ether oxygens (including phenoxy) is 2. The lowest BCUT2D eigenvalue weighted by atomic mass is 10.1. The van der Waals surface area contributed by atoms with E-state index in [-0.39, 0.29) is 35.1 Å². The van der Waals surface area contributed by atoms with Gasteiger partial charge in [-0.05, 0) is 24.6 Å². The van der Waals surface area contributed by atoms with E-state index in [2.05, 4.69) is 0 Å². The van der Waals surface area contributed by atoms with Crippen LogP contribution in [0.25, 0.3) is 0 Å². The highest BCUT2D eigenvalue weighted by molar-refractivity contribution is 7.96. The summed E-state index contributed by atoms with van der Waals surface area (Å²) in [7, 11) is -11.2. The Kier molecular flexibility index (Phi) is 5.32. The maximum atomic E-state index is 13.0. The van der Waals surface area contributed by atoms with E-state index in [1.165, 1.54) is 22.5 Å². The third-order valence-corrected chi connectivity index (χ3v) is 11.8. The minimum atomic E-state index is -3.94. The van der Waals surface area contributed by atoms with Crippen LogP contribution in [0.1, 0.15) is 19.3 Å². The van der Waals surface area contributed by atoms with Gasteiger partial charge in [-0.15, -0.1) is 0 Å². The standard InChI is InChI=1S/C17H23NO8S3/c19-27(20)11-4-16(13-27)28(21,22)14-2-1-3-15(12-14)29(23,24)18-7-5-17(6-8-18)25-9-10-26-17/h1-3,12,16H,4-11,13H2/t16-/m0/s1. The molecule has 3 aliphatic heterocycles. The predicted octanol–water partition coefficient (Wildman–Crippen LogP) is 0.175. The van der Waals surface area contributed by atoms with Gasteiger partial charge in [0.2, 0.25) is 10.0 Å². The average Bonchev–Trinajstić information content (AvgIpc) is 3.29. The zero-order valence-corrected chi connectivity index (χ0v) is 18.1. The number of rotatable bonds is 4. The van der Waals surface area contributed by atoms with Gasteiger partial charge in [-0.1, -0.05) is 6.07 Å². The molecule has 3 fully saturated rings. The Balaban J connectivity index is 1.57. The fourth-order valence-corrected chi connectivity index (χ4v) is 9.98. The van der Waals surface area contributed by atoms with Crippen LogP contribution in [-0.2, 0) is 39.2 Å². The minimum Gasteiger partial charge on any atom is -0.347 e. The van der Waals surface area contributed by atoms with Gasteiger partial charge in [0.15, 0.2) is 25.5 Å². The molecule has 0 bridgehead atoms. The largest absolute Gasteiger partial charge is 0.347 e. The summed E-state index contributed by atoms with van der Waals surface area (Å²) in [6.07, 6.45) is 0.837. The van der Waals surface area contributed by atoms with Crippen LogP contribution in [-0.4, -0.2) is 78.4 Å². The Bertz CT molecular complexity index is 1100. The molecule has 29 heavy (non-hydrogen) atoms. The predicted molar refractivity (Wildman–Crippen MR) is 103 cm³/mol. The summed E-state index contributed by atoms with van der Waals surface area (Å²) in [5.41, 5.74) is 0. The van der Waals surface area contributed by atoms with Gasteiger partial charge in [0, 0.05) is 25.9 Å². The molecule has 1 aromatic carbocycles. The van der Waals surface area contributed by atoms with Crippen LogP contribution in [0.2, 0.25) is 0 Å². The van der Waals surface area contributed by atoms with Gasteiger partial charge in [-0.2, -0.15) is 4.31 Å². The van der Waals surface area contributed by atoms with Crippen molar-refractivity contribution in [2.45, 2.75) is 40.1 Å². The van der Waals surface area contributed by atoms with Crippen molar-refractivity contribution in [3.05, 3.63) is 24.3 Å². The van der Waals surface area contributed by atoms with E-state index < -0.39 is 46.5 Å². The zero-order chi connectivity index (χ0) is 20.9. The highest BCUT2D eigenvalue weighted by Crippen LogP contribution is 2.34. The topological polar surface area (TPSA) is 124 Å². The molecule has 0 unspecified atom stereocenters. The highest BCUT2D eigenvalue weighted by atomic mass is 32.2. The lowest BCUT2D eigenvalue weighted by molar-refractivity contribution is -0.179. The van der Waals surface area contributed by atoms with E-state index in [1.54, 1.807) is 0 Å². The van der Waals surface area contributed by atoms with Gasteiger partial charge in [-0.25, -0.2) is 25.3 Å². The zero-order valence-electron chi connectivity index (χ0n) is 15.7. The molecule has 0 aliphatic carbocycles. The Morgan fingerprint density at radius 2 is 1.62 bits per heavy atom. The molecular weight excluding hydrogens is 442 g/mol. The van der Waals surface area contributed by atoms with E-state index in [0.29, 0.717) is 26.1 Å². The Morgan fingerprint density at radius 3 is 2.21 bits per heavy atom. The fraction of sp³-hybridized carbons (Fsp3) is 0.647. The Morgan fingerprint density at radius 1 is 1.00 bits per heavy atom. The molecular formula is C17H23NO8S3. The van der Waals surface area contributed by atoms with Gasteiger partial charge in [-0.3, -0.25) is 0 Å². The highest BCUT2D eigenvalue weighted by Gasteiger charge is 2.43. The number of hydrogen-bond acceptors (Lipinski definition) is 8. The van der Waals surface area contributed by atoms with Crippen molar-refractivity contribution < 1.29 is 34.7 Å². The van der Waals surface area contributed by atoms with E-state index in [1.807, 2.05) is 0 Å². The lowest BCUT2D eigenvalue weighted by Gasteiger charge is -2.36. The minimum absolute atomic E-state index is 0.0237. The van der Waals surface area contributed by atoms with Crippen LogP contribution in [0.15, 0.2) is 34.1 Å². The van der Waals surface area contributed by atoms with Crippen molar-refractivity contribution in [2.24, 2.45) is 0 Å². The van der Waals surface area contributed by atoms with E-state index in [4.69, 9.17) is 9.47 Å². The lowest BCUT2D eigenvalue weighted by Crippen LogP contribution is -2.47. The number of benzene rings is 1. The third-order valence-electron chi connectivity index (χ3n) is 5.70. The number of sulfone groups is 2. The molecule has 0 amide bonds. The maximum absolute atomic E-state index is 13.0. The molecule has 9 nitrogen and oxygen atoms in total. The summed E-state index contributed by atoms with van der Waals surface area (Å²) in [6.45, 7) is 1.40. The number of sulfonamides is 1. The van der Waals surface area contributed by atoms with Gasteiger partial charge in [0.1, 0.15) is 0 Å². The van der Waals surface area contributed by atoms with Crippen molar-refractivity contribution in [3.8, 4) is 0 Å². The summed E-state index contributed by atoms with van der Waals surface area (Å²) in [5.74, 6) is -1.32. The molecule has 4 rings (SSSR count). The van der Waals surface area contributed by atoms with E-state index in [9.17, 15) is 25.3 Å². The second-order valence-corrected chi connectivity index (χ2v) is 14.0. The molecule has 1 spiro atoms. The van der Waals surface area contributed by atoms with Gasteiger partial charge in [0.05, 0.1) is 39.8 Å². The van der Waals surface area contributed by atoms with Crippen LogP contribution in [0.5, 0.6) is 0 Å². The van der Waals surface area contributed by atoms with E-state index in [0.717, 1.165) is 6.07 Å². The summed E-state index contributed by atoms with van der Waals surface area (Å²) in [5, 5.41) is -1.04. The van der Waals surface area contributed by atoms with Gasteiger partial charge in [0.25, 0.3) is 0 Å². The Labute approximate surface area is 170 Å². The molecule has 0 radical (unpaired) electrons. The molecule has 0 N–H and O–H groups in total. The van der Waals surface area contributed by atoms with Crippen molar-refractivity contribution in [1.82, 2.24) is 4.31 Å². The number of hydrogen-bond donors (Lipinski definition) is 0. The Hall–Kier alpha value is -1.05. The first-order chi connectivity index (χ1) is 13.5. The molecule has 162 valence electrons. The molecule has 3 aliphatic rings. The maximum Gasteiger partial charge on any atom is 0.243 e. The van der Waals surface area contributed by atoms with Crippen molar-refractivity contribution in [1.29, 1.82) is 0 Å². The van der Waals surface area contributed by atoms with Crippen molar-refractivity contribution >= 4 is 29.7 Å².